The van der Waals surface area contributed by atoms with Crippen LogP contribution in [0.2, 0.25) is 0 Å². The van der Waals surface area contributed by atoms with E-state index in [-0.39, 0.29) is 89.9 Å². The van der Waals surface area contributed by atoms with Crippen LogP contribution in [0.25, 0.3) is 0 Å². The van der Waals surface area contributed by atoms with Crippen LogP contribution in [0.3, 0.4) is 0 Å². The summed E-state index contributed by atoms with van der Waals surface area (Å²) in [6.45, 7) is 70.9. The van der Waals surface area contributed by atoms with Gasteiger partial charge in [-0.1, -0.05) is 272 Å². The third kappa shape index (κ3) is 12.4. The predicted octanol–water partition coefficient (Wildman–Crippen LogP) is 29.2. The van der Waals surface area contributed by atoms with Gasteiger partial charge < -0.3 is 23.5 Å². The molecular weight excluding hydrogens is 1550 g/mol. The Morgan fingerprint density at radius 1 is 0.336 bits per heavy atom. The molecule has 5 aliphatic heterocycles. The maximum absolute atomic E-state index is 8.14. The summed E-state index contributed by atoms with van der Waals surface area (Å²) in [6.07, 6.45) is 15.5. The highest BCUT2D eigenvalue weighted by Crippen LogP contribution is 2.66. The monoisotopic (exact) mass is 1700 g/mol. The number of hydrogen-bond acceptors (Lipinski definition) is 7. The fourth-order valence-electron chi connectivity index (χ4n) is 26.8. The maximum atomic E-state index is 8.14. The minimum absolute atomic E-state index is 0.00367. The number of furan rings is 2. The van der Waals surface area contributed by atoms with Gasteiger partial charge in [0, 0.05) is 78.8 Å². The zero-order valence-corrected chi connectivity index (χ0v) is 83.3. The molecule has 7 heterocycles. The van der Waals surface area contributed by atoms with Crippen LogP contribution in [-0.4, -0.2) is 19.0 Å². The highest BCUT2D eigenvalue weighted by Gasteiger charge is 2.62. The molecule has 10 aliphatic rings. The molecule has 0 saturated heterocycles. The molecule has 0 radical (unpaired) electrons. The minimum atomic E-state index is -0.322. The van der Waals surface area contributed by atoms with Crippen molar-refractivity contribution in [1.29, 1.82) is 0 Å². The summed E-state index contributed by atoms with van der Waals surface area (Å²) >= 11 is 0. The van der Waals surface area contributed by atoms with E-state index in [0.717, 1.165) is 94.6 Å². The topological polar surface area (TPSA) is 42.5 Å². The highest BCUT2D eigenvalue weighted by atomic mass is 16.4. The van der Waals surface area contributed by atoms with Gasteiger partial charge in [-0.2, -0.15) is 0 Å². The van der Waals surface area contributed by atoms with Gasteiger partial charge in [-0.05, 0) is 343 Å². The summed E-state index contributed by atoms with van der Waals surface area (Å²) in [4.78, 5) is 13.6. The first-order valence-electron chi connectivity index (χ1n) is 49.5. The third-order valence-corrected chi connectivity index (χ3v) is 35.2. The van der Waals surface area contributed by atoms with Gasteiger partial charge >= 0.3 is 0 Å². The van der Waals surface area contributed by atoms with E-state index in [4.69, 9.17) is 8.83 Å². The van der Waals surface area contributed by atoms with Crippen LogP contribution in [0, 0.1) is 13.8 Å². The lowest BCUT2D eigenvalue weighted by atomic mass is 9.32. The SMILES string of the molecule is Cc1cc2c3c(c1)N(c1cc4c(cc1C)C(C)(C)CCC4(C)C)c1oc4c(c1B3c1cc(C(C)CCC35CCCCC3(C)N(c3cc6c7c(c3)N(c3ccc8c(c3)C(C)(C)CCC8(C)C)c3oc8c(c3B7c3cc(C(C)(C)C)ccc3N6c3ccc(C(C)(C)C)cc3)C(C)(C)CCC8(C)C)c3ccccc35)ccc1N2c1ccc(C(C)(C)C)cc1)C(C)(C)CCC4(C)C. The maximum Gasteiger partial charge on any atom is 0.256 e. The minimum Gasteiger partial charge on any atom is -0.444 e. The lowest BCUT2D eigenvalue weighted by molar-refractivity contribution is 0.158. The van der Waals surface area contributed by atoms with Gasteiger partial charge in [0.05, 0.1) is 11.2 Å². The summed E-state index contributed by atoms with van der Waals surface area (Å²) in [5, 5.41) is 0. The number of hydrogen-bond donors (Lipinski definition) is 0. The fraction of sp³-hybridized carbons (Fsp3) is 0.479. The summed E-state index contributed by atoms with van der Waals surface area (Å²) in [6, 6.07) is 67.9. The second-order valence-corrected chi connectivity index (χ2v) is 50.6. The second kappa shape index (κ2) is 27.7. The van der Waals surface area contributed by atoms with Gasteiger partial charge in [0.2, 0.25) is 0 Å². The van der Waals surface area contributed by atoms with Crippen LogP contribution in [0.5, 0.6) is 0 Å². The highest BCUT2D eigenvalue weighted by molar-refractivity contribution is 7.01. The smallest absolute Gasteiger partial charge is 0.256 e. The number of para-hydroxylation sites is 1. The van der Waals surface area contributed by atoms with E-state index in [2.05, 4.69) is 389 Å². The molecular formula is C119H143B2N5O2. The third-order valence-electron chi connectivity index (χ3n) is 35.2. The Morgan fingerprint density at radius 2 is 0.766 bits per heavy atom. The first-order valence-corrected chi connectivity index (χ1v) is 49.5. The van der Waals surface area contributed by atoms with Gasteiger partial charge in [0.25, 0.3) is 13.4 Å². The van der Waals surface area contributed by atoms with Crippen LogP contribution in [0.15, 0.2) is 173 Å². The molecule has 9 heteroatoms. The molecule has 0 bridgehead atoms. The summed E-state index contributed by atoms with van der Waals surface area (Å²) in [5.74, 6) is 4.55. The van der Waals surface area contributed by atoms with Crippen molar-refractivity contribution in [2.45, 2.75) is 367 Å². The number of benzene rings is 9. The summed E-state index contributed by atoms with van der Waals surface area (Å²) in [7, 11) is 0. The molecule has 128 heavy (non-hydrogen) atoms. The van der Waals surface area contributed by atoms with Gasteiger partial charge in [0.1, 0.15) is 11.5 Å². The number of nitrogens with zero attached hydrogens (tertiary/aromatic N) is 5. The number of aryl methyl sites for hydroxylation is 2. The Balaban J connectivity index is 0.752. The molecule has 0 spiro atoms. The number of rotatable bonds is 9. The normalized spacial score (nSPS) is 22.4. The molecule has 0 amide bonds. The van der Waals surface area contributed by atoms with E-state index in [9.17, 15) is 0 Å². The standard InChI is InChI=1S/C119H143B2N5O2/c1-71-62-93-99-94(63-71)125(92-70-86-84(64-73(92)3)111(15,16)56-57-113(86,19)20)106-102(98-104(128-106)117(27,28)61-59-115(98,23)24)120(99)87-65-74(36-48-90(87)122(93)78-42-37-75(38-43-78)107(4,5)6)72(2)50-53-119-52-33-32-51-118(119,29)126(89-35-31-30-34-83(89)119)81-68-95-100-96(69-81)124(80-46-47-82-85(67-80)112(17,18)55-54-110(82,13)14)105-101(97-103(127-105)116(25,26)60-58-114(97,21)22)121(100)88-66-77(109(10,11)12)41-49-91(88)123(95)79-44-39-76(40-45-79)108(7,8)9/h30-31,34-49,62-70,72H,32-33,50-61H2,1-29H3. The van der Waals surface area contributed by atoms with Crippen molar-refractivity contribution in [1.82, 2.24) is 0 Å². The van der Waals surface area contributed by atoms with Crippen molar-refractivity contribution in [3.63, 3.8) is 0 Å². The molecule has 662 valence electrons. The Bertz CT molecular complexity index is 6460. The van der Waals surface area contributed by atoms with Crippen LogP contribution < -0.4 is 57.3 Å². The van der Waals surface area contributed by atoms with Gasteiger partial charge in [-0.3, -0.25) is 9.80 Å². The molecule has 21 rings (SSSR count). The first-order chi connectivity index (χ1) is 59.9. The Hall–Kier alpha value is -9.33. The van der Waals surface area contributed by atoms with Gasteiger partial charge in [-0.25, -0.2) is 0 Å². The molecule has 3 atom stereocenters. The Morgan fingerprint density at radius 3 is 1.30 bits per heavy atom. The Kier molecular flexibility index (Phi) is 18.5. The lowest BCUT2D eigenvalue weighted by Gasteiger charge is -2.53. The summed E-state index contributed by atoms with van der Waals surface area (Å²) < 4.78 is 16.2. The van der Waals surface area contributed by atoms with Gasteiger partial charge in [0.15, 0.2) is 11.8 Å². The molecule has 1 fully saturated rings. The number of fused-ring (bicyclic) bond motifs is 17. The predicted molar refractivity (Wildman–Crippen MR) is 547 cm³/mol. The molecule has 9 aromatic carbocycles. The molecule has 3 unspecified atom stereocenters. The van der Waals surface area contributed by atoms with Crippen molar-refractivity contribution >= 4 is 126 Å². The van der Waals surface area contributed by atoms with Crippen LogP contribution in [-0.2, 0) is 65.0 Å². The van der Waals surface area contributed by atoms with E-state index >= 15 is 0 Å². The van der Waals surface area contributed by atoms with Crippen molar-refractivity contribution in [2.75, 3.05) is 24.5 Å². The van der Waals surface area contributed by atoms with Crippen molar-refractivity contribution in [3.05, 3.63) is 248 Å². The quantitative estimate of drug-likeness (QED) is 0.133. The molecule has 2 aromatic heterocycles. The van der Waals surface area contributed by atoms with Crippen molar-refractivity contribution in [2.24, 2.45) is 0 Å². The zero-order valence-electron chi connectivity index (χ0n) is 83.3. The van der Waals surface area contributed by atoms with E-state index < -0.39 is 0 Å². The fourth-order valence-corrected chi connectivity index (χ4v) is 26.8. The Labute approximate surface area is 769 Å². The molecule has 7 nitrogen and oxygen atoms in total. The van der Waals surface area contributed by atoms with Crippen LogP contribution in [0.1, 0.15) is 367 Å². The molecule has 0 N–H and O–H groups in total. The second-order valence-electron chi connectivity index (χ2n) is 50.6. The lowest BCUT2D eigenvalue weighted by Crippen LogP contribution is -2.63. The first kappa shape index (κ1) is 85.4. The average molecular weight is 1700 g/mol. The molecule has 5 aliphatic carbocycles. The van der Waals surface area contributed by atoms with Crippen molar-refractivity contribution < 1.29 is 8.83 Å². The van der Waals surface area contributed by atoms with Crippen LogP contribution >= 0.6 is 0 Å². The zero-order chi connectivity index (χ0) is 90.7. The van der Waals surface area contributed by atoms with Crippen molar-refractivity contribution in [3.8, 4) is 0 Å². The summed E-state index contributed by atoms with van der Waals surface area (Å²) in [5.41, 5.74) is 40.0. The number of anilines is 14. The van der Waals surface area contributed by atoms with Crippen LogP contribution in [0.4, 0.5) is 80.0 Å². The van der Waals surface area contributed by atoms with E-state index in [0.29, 0.717) is 0 Å². The van der Waals surface area contributed by atoms with E-state index in [1.807, 2.05) is 0 Å². The molecule has 1 saturated carbocycles. The average Bonchev–Trinajstić information content (AvgIpc) is 1.44. The van der Waals surface area contributed by atoms with E-state index in [1.54, 1.807) is 0 Å². The largest absolute Gasteiger partial charge is 0.444 e. The van der Waals surface area contributed by atoms with E-state index in [1.165, 1.54) is 192 Å². The molecule has 11 aromatic rings. The van der Waals surface area contributed by atoms with Gasteiger partial charge in [-0.15, -0.1) is 0 Å².